The first kappa shape index (κ1) is 29.7. The van der Waals surface area contributed by atoms with Crippen LogP contribution in [0.15, 0.2) is 182 Å². The monoisotopic (exact) mass is 636 g/mol. The Bertz CT molecular complexity index is 2250. The van der Waals surface area contributed by atoms with Crippen molar-refractivity contribution in [1.29, 1.82) is 0 Å². The van der Waals surface area contributed by atoms with Gasteiger partial charge in [0.1, 0.15) is 0 Å². The predicted octanol–water partition coefficient (Wildman–Crippen LogP) is 13.3. The minimum Gasteiger partial charge on any atom is -0.311 e. The van der Waals surface area contributed by atoms with Gasteiger partial charge in [0.25, 0.3) is 0 Å². The van der Waals surface area contributed by atoms with Crippen molar-refractivity contribution >= 4 is 65.6 Å². The van der Waals surface area contributed by atoms with Crippen molar-refractivity contribution in [1.82, 2.24) is 0 Å². The first-order valence-electron chi connectivity index (χ1n) is 16.4. The Morgan fingerprint density at radius 1 is 0.375 bits per heavy atom. The Morgan fingerprint density at radius 2 is 0.792 bits per heavy atom. The summed E-state index contributed by atoms with van der Waals surface area (Å²) >= 11 is 1.87. The van der Waals surface area contributed by atoms with Crippen molar-refractivity contribution in [3.63, 3.8) is 0 Å². The number of anilines is 6. The number of fused-ring (bicyclic) bond motifs is 3. The lowest BCUT2D eigenvalue weighted by Crippen LogP contribution is -2.19. The molecule has 0 aliphatic rings. The first-order valence-corrected chi connectivity index (χ1v) is 17.3. The molecular weight excluding hydrogens is 601 g/mol. The highest BCUT2D eigenvalue weighted by molar-refractivity contribution is 7.26. The van der Waals surface area contributed by atoms with Crippen LogP contribution in [0.1, 0.15) is 25.0 Å². The van der Waals surface area contributed by atoms with E-state index in [-0.39, 0.29) is 5.41 Å². The zero-order chi connectivity index (χ0) is 32.5. The summed E-state index contributed by atoms with van der Waals surface area (Å²) < 4.78 is 2.61. The number of nitrogens with zero attached hydrogens (tertiary/aromatic N) is 2. The van der Waals surface area contributed by atoms with Crippen LogP contribution < -0.4 is 9.80 Å². The van der Waals surface area contributed by atoms with Crippen molar-refractivity contribution in [2.24, 2.45) is 0 Å². The molecule has 0 atom stereocenters. The summed E-state index contributed by atoms with van der Waals surface area (Å²) in [4.78, 5) is 4.70. The molecule has 0 spiro atoms. The van der Waals surface area contributed by atoms with Crippen LogP contribution in [-0.4, -0.2) is 0 Å². The van der Waals surface area contributed by atoms with Crippen molar-refractivity contribution in [2.45, 2.75) is 19.3 Å². The standard InChI is InChI=1S/C45H36N2S/c1-45(2,33-25-29-38(30-26-33)46(35-15-6-3-7-16-35)36-17-8-4-9-18-36)34-27-31-39(32-28-34)47(37-19-10-5-11-20-37)42-23-14-22-41-40-21-12-13-24-43(40)48-44(41)42/h3-32H,1-2H3. The van der Waals surface area contributed by atoms with E-state index in [9.17, 15) is 0 Å². The molecule has 0 fully saturated rings. The molecule has 1 aromatic heterocycles. The van der Waals surface area contributed by atoms with Gasteiger partial charge in [-0.3, -0.25) is 0 Å². The maximum Gasteiger partial charge on any atom is 0.0640 e. The zero-order valence-electron chi connectivity index (χ0n) is 27.1. The lowest BCUT2D eigenvalue weighted by atomic mass is 9.78. The second kappa shape index (κ2) is 12.5. The summed E-state index contributed by atoms with van der Waals surface area (Å²) in [7, 11) is 0. The van der Waals surface area contributed by atoms with Crippen molar-refractivity contribution in [3.8, 4) is 0 Å². The molecule has 0 aliphatic carbocycles. The van der Waals surface area contributed by atoms with Crippen LogP contribution in [0, 0.1) is 0 Å². The van der Waals surface area contributed by atoms with Gasteiger partial charge < -0.3 is 9.80 Å². The van der Waals surface area contributed by atoms with Crippen LogP contribution in [0.3, 0.4) is 0 Å². The minimum absolute atomic E-state index is 0.190. The van der Waals surface area contributed by atoms with E-state index in [1.54, 1.807) is 0 Å². The van der Waals surface area contributed by atoms with Gasteiger partial charge in [-0.25, -0.2) is 0 Å². The van der Waals surface area contributed by atoms with Gasteiger partial charge in [0.2, 0.25) is 0 Å². The fraction of sp³-hybridized carbons (Fsp3) is 0.0667. The fourth-order valence-corrected chi connectivity index (χ4v) is 7.94. The normalized spacial score (nSPS) is 11.5. The smallest absolute Gasteiger partial charge is 0.0640 e. The molecule has 8 aromatic rings. The van der Waals surface area contributed by atoms with Crippen LogP contribution in [0.5, 0.6) is 0 Å². The summed E-state index contributed by atoms with van der Waals surface area (Å²) in [6.07, 6.45) is 0. The van der Waals surface area contributed by atoms with Crippen LogP contribution in [0.25, 0.3) is 20.2 Å². The van der Waals surface area contributed by atoms with Gasteiger partial charge in [0.05, 0.1) is 10.4 Å². The molecule has 1 heterocycles. The predicted molar refractivity (Wildman–Crippen MR) is 207 cm³/mol. The van der Waals surface area contributed by atoms with Crippen LogP contribution >= 0.6 is 11.3 Å². The van der Waals surface area contributed by atoms with E-state index in [2.05, 4.69) is 206 Å². The number of thiophene rings is 1. The molecule has 7 aromatic carbocycles. The van der Waals surface area contributed by atoms with E-state index < -0.39 is 0 Å². The largest absolute Gasteiger partial charge is 0.311 e. The van der Waals surface area contributed by atoms with Gasteiger partial charge in [0.15, 0.2) is 0 Å². The second-order valence-electron chi connectivity index (χ2n) is 12.6. The summed E-state index contributed by atoms with van der Waals surface area (Å²) in [6, 6.07) is 65.4. The van der Waals surface area contributed by atoms with Gasteiger partial charge in [-0.1, -0.05) is 123 Å². The highest BCUT2D eigenvalue weighted by Crippen LogP contribution is 2.45. The second-order valence-corrected chi connectivity index (χ2v) is 13.7. The third-order valence-electron chi connectivity index (χ3n) is 9.36. The van der Waals surface area contributed by atoms with E-state index in [4.69, 9.17) is 0 Å². The molecule has 0 unspecified atom stereocenters. The van der Waals surface area contributed by atoms with Gasteiger partial charge in [-0.05, 0) is 83.9 Å². The summed E-state index contributed by atoms with van der Waals surface area (Å²) in [5.74, 6) is 0. The van der Waals surface area contributed by atoms with E-state index in [1.165, 1.54) is 37.0 Å². The quantitative estimate of drug-likeness (QED) is 0.164. The molecule has 0 bridgehead atoms. The highest BCUT2D eigenvalue weighted by atomic mass is 32.1. The molecule has 0 amide bonds. The number of rotatable bonds is 8. The summed E-state index contributed by atoms with van der Waals surface area (Å²) in [5, 5.41) is 2.61. The lowest BCUT2D eigenvalue weighted by molar-refractivity contribution is 0.641. The topological polar surface area (TPSA) is 6.48 Å². The molecule has 0 saturated carbocycles. The van der Waals surface area contributed by atoms with Crippen molar-refractivity contribution in [3.05, 3.63) is 193 Å². The van der Waals surface area contributed by atoms with E-state index in [0.717, 1.165) is 28.4 Å². The summed E-state index contributed by atoms with van der Waals surface area (Å²) in [5.41, 5.74) is 9.25. The molecular formula is C45H36N2S. The highest BCUT2D eigenvalue weighted by Gasteiger charge is 2.25. The Morgan fingerprint density at radius 3 is 1.33 bits per heavy atom. The molecule has 0 radical (unpaired) electrons. The third kappa shape index (κ3) is 5.42. The average Bonchev–Trinajstić information content (AvgIpc) is 3.53. The van der Waals surface area contributed by atoms with Crippen molar-refractivity contribution in [2.75, 3.05) is 9.80 Å². The van der Waals surface area contributed by atoms with Crippen LogP contribution in [0.4, 0.5) is 34.1 Å². The molecule has 3 heteroatoms. The molecule has 232 valence electrons. The maximum atomic E-state index is 2.39. The number of benzene rings is 7. The van der Waals surface area contributed by atoms with Gasteiger partial charge >= 0.3 is 0 Å². The number of hydrogen-bond donors (Lipinski definition) is 0. The van der Waals surface area contributed by atoms with E-state index in [0.29, 0.717) is 0 Å². The third-order valence-corrected chi connectivity index (χ3v) is 10.6. The molecule has 0 N–H and O–H groups in total. The van der Waals surface area contributed by atoms with Crippen LogP contribution in [0.2, 0.25) is 0 Å². The van der Waals surface area contributed by atoms with E-state index in [1.807, 2.05) is 11.3 Å². The fourth-order valence-electron chi connectivity index (χ4n) is 6.74. The SMILES string of the molecule is CC(C)(c1ccc(N(c2ccccc2)c2ccccc2)cc1)c1ccc(N(c2ccccc2)c2cccc3c2sc2ccccc23)cc1. The van der Waals surface area contributed by atoms with Crippen LogP contribution in [-0.2, 0) is 5.41 Å². The Labute approximate surface area is 286 Å². The molecule has 8 rings (SSSR count). The van der Waals surface area contributed by atoms with Gasteiger partial charge in [-0.15, -0.1) is 11.3 Å². The average molecular weight is 637 g/mol. The Hall–Kier alpha value is -5.64. The first-order chi connectivity index (χ1) is 23.6. The summed E-state index contributed by atoms with van der Waals surface area (Å²) in [6.45, 7) is 4.63. The zero-order valence-corrected chi connectivity index (χ0v) is 27.9. The van der Waals surface area contributed by atoms with E-state index >= 15 is 0 Å². The molecule has 0 aliphatic heterocycles. The lowest BCUT2D eigenvalue weighted by Gasteiger charge is -2.30. The number of hydrogen-bond acceptors (Lipinski definition) is 3. The number of para-hydroxylation sites is 3. The minimum atomic E-state index is -0.190. The van der Waals surface area contributed by atoms with Gasteiger partial charge in [-0.2, -0.15) is 0 Å². The van der Waals surface area contributed by atoms with Crippen molar-refractivity contribution < 1.29 is 0 Å². The molecule has 0 saturated heterocycles. The van der Waals surface area contributed by atoms with Gasteiger partial charge in [0, 0.05) is 49.3 Å². The Balaban J connectivity index is 1.14. The maximum absolute atomic E-state index is 2.39. The Kier molecular flexibility index (Phi) is 7.76. The molecule has 2 nitrogen and oxygen atoms in total. The molecule has 48 heavy (non-hydrogen) atoms.